The summed E-state index contributed by atoms with van der Waals surface area (Å²) in [5, 5.41) is 1.08. The van der Waals surface area contributed by atoms with Crippen molar-refractivity contribution in [1.29, 1.82) is 0 Å². The molecular weight excluding hydrogens is 420 g/mol. The van der Waals surface area contributed by atoms with Gasteiger partial charge < -0.3 is 0 Å². The molecule has 30 heavy (non-hydrogen) atoms. The van der Waals surface area contributed by atoms with Crippen molar-refractivity contribution >= 4 is 39.7 Å². The van der Waals surface area contributed by atoms with E-state index in [-0.39, 0.29) is 0 Å². The van der Waals surface area contributed by atoms with Crippen LogP contribution in [0.5, 0.6) is 0 Å². The summed E-state index contributed by atoms with van der Waals surface area (Å²) in [4.78, 5) is 5.94. The molecule has 0 amide bonds. The minimum Gasteiger partial charge on any atom is -0.111 e. The number of benzene rings is 3. The summed E-state index contributed by atoms with van der Waals surface area (Å²) in [6.07, 6.45) is 0. The second-order valence-corrected chi connectivity index (χ2v) is 11.6. The van der Waals surface area contributed by atoms with Crippen molar-refractivity contribution in [2.45, 2.75) is 66.7 Å². The van der Waals surface area contributed by atoms with Crippen LogP contribution in [0.1, 0.15) is 33.4 Å². The number of aryl methyl sites for hydroxylation is 6. The van der Waals surface area contributed by atoms with Crippen molar-refractivity contribution in [3.63, 3.8) is 0 Å². The average Bonchev–Trinajstić information content (AvgIpc) is 3.35. The Balaban J connectivity index is 1.71. The van der Waals surface area contributed by atoms with Gasteiger partial charge in [-0.15, -0.1) is 23.5 Å². The molecule has 0 bridgehead atoms. The first kappa shape index (κ1) is 21.7. The van der Waals surface area contributed by atoms with Gasteiger partial charge in [0.15, 0.2) is 0 Å². The molecule has 3 aromatic carbocycles. The predicted octanol–water partition coefficient (Wildman–Crippen LogP) is 7.49. The summed E-state index contributed by atoms with van der Waals surface area (Å²) in [6, 6.07) is 19.9. The number of hydrogen-bond donors (Lipinski definition) is 0. The van der Waals surface area contributed by atoms with Crippen molar-refractivity contribution in [3.05, 3.63) is 88.0 Å². The standard InChI is InChI=1S/C27H29S3/c1-16-10-7-11-17(2)22(16)28-25-26(29-23-18(3)12-8-13-19(23)4)27(25)30-24-20(5)14-9-15-21(24)6/h7-15,25-26H,1-6H3/q+1. The van der Waals surface area contributed by atoms with Crippen LogP contribution < -0.4 is 0 Å². The highest BCUT2D eigenvalue weighted by Crippen LogP contribution is 2.49. The third-order valence-electron chi connectivity index (χ3n) is 5.66. The molecule has 0 radical (unpaired) electrons. The van der Waals surface area contributed by atoms with Crippen LogP contribution >= 0.6 is 23.5 Å². The quantitative estimate of drug-likeness (QED) is 0.292. The highest BCUT2D eigenvalue weighted by atomic mass is 32.2. The smallest absolute Gasteiger partial charge is 0.111 e. The molecule has 1 saturated carbocycles. The van der Waals surface area contributed by atoms with Gasteiger partial charge >= 0.3 is 0 Å². The highest BCUT2D eigenvalue weighted by molar-refractivity contribution is 8.09. The van der Waals surface area contributed by atoms with Gasteiger partial charge in [-0.25, -0.2) is 0 Å². The van der Waals surface area contributed by atoms with Crippen molar-refractivity contribution in [3.8, 4) is 0 Å². The van der Waals surface area contributed by atoms with E-state index >= 15 is 0 Å². The van der Waals surface area contributed by atoms with Gasteiger partial charge in [0.05, 0.1) is 0 Å². The maximum Gasteiger partial charge on any atom is 0.236 e. The molecule has 0 aromatic heterocycles. The van der Waals surface area contributed by atoms with Crippen LogP contribution in [0.4, 0.5) is 0 Å². The maximum atomic E-state index is 2.24. The van der Waals surface area contributed by atoms with Gasteiger partial charge in [-0.1, -0.05) is 54.6 Å². The first-order valence-corrected chi connectivity index (χ1v) is 13.0. The van der Waals surface area contributed by atoms with Gasteiger partial charge in [-0.05, 0) is 63.8 Å². The predicted molar refractivity (Wildman–Crippen MR) is 138 cm³/mol. The Kier molecular flexibility index (Phi) is 6.43. The lowest BCUT2D eigenvalue weighted by molar-refractivity contribution is 1.21. The second kappa shape index (κ2) is 8.90. The fourth-order valence-electron chi connectivity index (χ4n) is 3.85. The first-order valence-electron chi connectivity index (χ1n) is 10.4. The van der Waals surface area contributed by atoms with Crippen molar-refractivity contribution in [2.24, 2.45) is 0 Å². The Morgan fingerprint density at radius 1 is 0.533 bits per heavy atom. The van der Waals surface area contributed by atoms with Crippen molar-refractivity contribution in [2.75, 3.05) is 0 Å². The third-order valence-corrected chi connectivity index (χ3v) is 11.0. The van der Waals surface area contributed by atoms with E-state index in [9.17, 15) is 0 Å². The zero-order valence-corrected chi connectivity index (χ0v) is 21.0. The topological polar surface area (TPSA) is 0 Å². The lowest BCUT2D eigenvalue weighted by Gasteiger charge is -2.09. The minimum atomic E-state index is 0.540. The van der Waals surface area contributed by atoms with E-state index in [0.717, 1.165) is 0 Å². The van der Waals surface area contributed by atoms with Crippen molar-refractivity contribution < 1.29 is 0 Å². The summed E-state index contributed by atoms with van der Waals surface area (Å²) < 4.78 is 0. The van der Waals surface area contributed by atoms with Crippen LogP contribution in [0.2, 0.25) is 0 Å². The van der Waals surface area contributed by atoms with Crippen LogP contribution in [0.15, 0.2) is 69.3 Å². The summed E-state index contributed by atoms with van der Waals surface area (Å²) >= 11 is 6.14. The molecule has 1 aliphatic rings. The molecule has 0 nitrogen and oxygen atoms in total. The molecule has 0 N–H and O–H groups in total. The van der Waals surface area contributed by atoms with Crippen LogP contribution in [0, 0.1) is 41.5 Å². The molecule has 0 heterocycles. The molecule has 0 spiro atoms. The number of thioether (sulfide) groups is 2. The van der Waals surface area contributed by atoms with E-state index in [0.29, 0.717) is 10.5 Å². The number of hydrogen-bond acceptors (Lipinski definition) is 2. The fraction of sp³-hybridized carbons (Fsp3) is 0.296. The van der Waals surface area contributed by atoms with Crippen LogP contribution in [-0.4, -0.2) is 15.4 Å². The van der Waals surface area contributed by atoms with Crippen LogP contribution in [0.25, 0.3) is 0 Å². The molecule has 4 rings (SSSR count). The van der Waals surface area contributed by atoms with Gasteiger partial charge in [0.2, 0.25) is 21.1 Å². The molecule has 2 unspecified atom stereocenters. The molecule has 154 valence electrons. The van der Waals surface area contributed by atoms with E-state index in [1.165, 1.54) is 48.1 Å². The third kappa shape index (κ3) is 4.39. The zero-order chi connectivity index (χ0) is 21.4. The van der Waals surface area contributed by atoms with Crippen molar-refractivity contribution in [1.82, 2.24) is 0 Å². The average molecular weight is 450 g/mol. The highest BCUT2D eigenvalue weighted by Gasteiger charge is 2.56. The van der Waals surface area contributed by atoms with E-state index in [1.807, 2.05) is 11.4 Å². The van der Waals surface area contributed by atoms with Gasteiger partial charge in [0, 0.05) is 20.9 Å². The Morgan fingerprint density at radius 2 is 0.867 bits per heavy atom. The molecule has 3 aromatic rings. The van der Waals surface area contributed by atoms with E-state index in [4.69, 9.17) is 0 Å². The maximum absolute atomic E-state index is 2.24. The summed E-state index contributed by atoms with van der Waals surface area (Å²) in [6.45, 7) is 13.4. The van der Waals surface area contributed by atoms with Gasteiger partial charge in [-0.3, -0.25) is 0 Å². The first-order chi connectivity index (χ1) is 14.4. The zero-order valence-electron chi connectivity index (χ0n) is 18.6. The molecule has 3 heteroatoms. The Bertz CT molecular complexity index is 1000. The van der Waals surface area contributed by atoms with Crippen LogP contribution in [0.3, 0.4) is 0 Å². The molecule has 1 fully saturated rings. The van der Waals surface area contributed by atoms with Crippen LogP contribution in [-0.2, 0) is 11.4 Å². The van der Waals surface area contributed by atoms with E-state index in [2.05, 4.69) is 120 Å². The molecule has 2 atom stereocenters. The minimum absolute atomic E-state index is 0.540. The second-order valence-electron chi connectivity index (χ2n) is 8.24. The Hall–Kier alpha value is -1.55. The summed E-state index contributed by atoms with van der Waals surface area (Å²) in [5.74, 6) is 0. The summed E-state index contributed by atoms with van der Waals surface area (Å²) in [7, 11) is 0. The van der Waals surface area contributed by atoms with E-state index < -0.39 is 0 Å². The lowest BCUT2D eigenvalue weighted by atomic mass is 10.2. The molecule has 0 saturated heterocycles. The van der Waals surface area contributed by atoms with Gasteiger partial charge in [0.25, 0.3) is 0 Å². The monoisotopic (exact) mass is 449 g/mol. The largest absolute Gasteiger partial charge is 0.236 e. The van der Waals surface area contributed by atoms with Gasteiger partial charge in [-0.2, -0.15) is 0 Å². The lowest BCUT2D eigenvalue weighted by Crippen LogP contribution is -1.92. The fourth-order valence-corrected chi connectivity index (χ4v) is 8.59. The SMILES string of the molecule is Cc1cccc(C)c1SC1C(=[S+]c2c(C)cccc2C)C1Sc1c(C)cccc1C. The van der Waals surface area contributed by atoms with E-state index in [1.54, 1.807) is 4.86 Å². The Morgan fingerprint density at radius 3 is 1.23 bits per heavy atom. The molecule has 0 aliphatic heterocycles. The molecular formula is C27H29S3+. The Labute approximate surface area is 193 Å². The summed E-state index contributed by atoms with van der Waals surface area (Å²) in [5.41, 5.74) is 8.31. The molecule has 1 aliphatic carbocycles. The van der Waals surface area contributed by atoms with Gasteiger partial charge in [0.1, 0.15) is 10.5 Å². The number of rotatable bonds is 5. The normalized spacial score (nSPS) is 17.9.